The molecule has 0 bridgehead atoms. The second-order valence-corrected chi connectivity index (χ2v) is 5.21. The Morgan fingerprint density at radius 1 is 1.25 bits per heavy atom. The summed E-state index contributed by atoms with van der Waals surface area (Å²) < 4.78 is 26.7. The molecular weight excluding hydrogens is 284 g/mol. The second kappa shape index (κ2) is 6.83. The highest BCUT2D eigenvalue weighted by Gasteiger charge is 2.07. The number of primary sulfonamides is 1. The van der Waals surface area contributed by atoms with Crippen LogP contribution >= 0.6 is 0 Å². The first kappa shape index (κ1) is 15.9. The normalized spacial score (nSPS) is 11.3. The van der Waals surface area contributed by atoms with Crippen LogP contribution in [-0.2, 0) is 24.3 Å². The third-order valence-electron chi connectivity index (χ3n) is 2.11. The molecule has 20 heavy (non-hydrogen) atoms. The van der Waals surface area contributed by atoms with E-state index in [1.54, 1.807) is 6.92 Å². The van der Waals surface area contributed by atoms with Crippen molar-refractivity contribution in [3.63, 3.8) is 0 Å². The maximum Gasteiger partial charge on any atom is 0.330 e. The smallest absolute Gasteiger partial charge is 0.330 e. The number of benzene rings is 1. The Hall–Kier alpha value is -2.19. The van der Waals surface area contributed by atoms with Gasteiger partial charge in [0, 0.05) is 17.8 Å². The number of ether oxygens (including phenoxy) is 1. The van der Waals surface area contributed by atoms with Crippen molar-refractivity contribution in [2.24, 2.45) is 5.14 Å². The summed E-state index contributed by atoms with van der Waals surface area (Å²) in [4.78, 5) is 22.4. The predicted molar refractivity (Wildman–Crippen MR) is 72.2 cm³/mol. The summed E-state index contributed by atoms with van der Waals surface area (Å²) in [5, 5.41) is 7.39. The molecular formula is C12H14N2O5S. The lowest BCUT2D eigenvalue weighted by molar-refractivity contribution is -0.137. The van der Waals surface area contributed by atoms with Gasteiger partial charge in [0.25, 0.3) is 0 Å². The molecule has 0 spiro atoms. The average Bonchev–Trinajstić information content (AvgIpc) is 2.36. The highest BCUT2D eigenvalue weighted by molar-refractivity contribution is 7.89. The number of rotatable bonds is 5. The van der Waals surface area contributed by atoms with E-state index >= 15 is 0 Å². The van der Waals surface area contributed by atoms with E-state index in [1.165, 1.54) is 24.3 Å². The molecule has 0 fully saturated rings. The van der Waals surface area contributed by atoms with E-state index in [0.717, 1.165) is 12.2 Å². The molecule has 1 amide bonds. The number of hydrogen-bond acceptors (Lipinski definition) is 5. The summed E-state index contributed by atoms with van der Waals surface area (Å²) in [6.07, 6.45) is 2.02. The molecule has 0 aromatic heterocycles. The Labute approximate surface area is 116 Å². The van der Waals surface area contributed by atoms with E-state index in [4.69, 9.17) is 5.14 Å². The Balaban J connectivity index is 2.65. The van der Waals surface area contributed by atoms with Gasteiger partial charge in [-0.3, -0.25) is 4.79 Å². The quantitative estimate of drug-likeness (QED) is 0.602. The fraction of sp³-hybridized carbons (Fsp3) is 0.167. The van der Waals surface area contributed by atoms with Gasteiger partial charge in [0.15, 0.2) is 0 Å². The number of nitrogens with two attached hydrogens (primary N) is 1. The zero-order valence-electron chi connectivity index (χ0n) is 10.7. The fourth-order valence-electron chi connectivity index (χ4n) is 1.25. The number of carbonyl (C=O) groups is 2. The molecule has 0 radical (unpaired) electrons. The van der Waals surface area contributed by atoms with Crippen LogP contribution < -0.4 is 10.5 Å². The van der Waals surface area contributed by atoms with Crippen LogP contribution in [0.25, 0.3) is 0 Å². The van der Waals surface area contributed by atoms with Gasteiger partial charge in [-0.2, -0.15) is 0 Å². The van der Waals surface area contributed by atoms with Crippen molar-refractivity contribution in [1.82, 2.24) is 0 Å². The van der Waals surface area contributed by atoms with Crippen molar-refractivity contribution >= 4 is 27.6 Å². The van der Waals surface area contributed by atoms with E-state index in [9.17, 15) is 18.0 Å². The van der Waals surface area contributed by atoms with Gasteiger partial charge in [-0.15, -0.1) is 0 Å². The number of carbonyl (C=O) groups excluding carboxylic acids is 2. The van der Waals surface area contributed by atoms with Gasteiger partial charge >= 0.3 is 5.97 Å². The number of amides is 1. The van der Waals surface area contributed by atoms with Crippen molar-refractivity contribution in [3.8, 4) is 0 Å². The molecule has 0 saturated carbocycles. The topological polar surface area (TPSA) is 116 Å². The van der Waals surface area contributed by atoms with Gasteiger partial charge in [-0.1, -0.05) is 0 Å². The van der Waals surface area contributed by atoms with Crippen LogP contribution in [0.4, 0.5) is 5.69 Å². The third-order valence-corrected chi connectivity index (χ3v) is 3.04. The van der Waals surface area contributed by atoms with E-state index in [0.29, 0.717) is 5.69 Å². The molecule has 0 atom stereocenters. The lowest BCUT2D eigenvalue weighted by atomic mass is 10.3. The molecule has 0 saturated heterocycles. The first-order valence-electron chi connectivity index (χ1n) is 5.61. The van der Waals surface area contributed by atoms with Gasteiger partial charge in [0.1, 0.15) is 0 Å². The number of nitrogens with one attached hydrogen (secondary N) is 1. The Morgan fingerprint density at radius 3 is 2.35 bits per heavy atom. The Bertz CT molecular complexity index is 620. The van der Waals surface area contributed by atoms with Crippen molar-refractivity contribution in [2.45, 2.75) is 11.8 Å². The van der Waals surface area contributed by atoms with Gasteiger partial charge < -0.3 is 10.1 Å². The fourth-order valence-corrected chi connectivity index (χ4v) is 1.76. The minimum atomic E-state index is -3.76. The van der Waals surface area contributed by atoms with Crippen molar-refractivity contribution in [3.05, 3.63) is 36.4 Å². The van der Waals surface area contributed by atoms with Gasteiger partial charge in [0.05, 0.1) is 11.5 Å². The molecule has 8 heteroatoms. The minimum Gasteiger partial charge on any atom is -0.463 e. The molecule has 7 nitrogen and oxygen atoms in total. The molecule has 0 heterocycles. The summed E-state index contributed by atoms with van der Waals surface area (Å²) in [5.41, 5.74) is 0.371. The molecule has 108 valence electrons. The summed E-state index contributed by atoms with van der Waals surface area (Å²) in [6, 6.07) is 5.30. The average molecular weight is 298 g/mol. The maximum atomic E-state index is 11.5. The summed E-state index contributed by atoms with van der Waals surface area (Å²) in [6.45, 7) is 1.87. The molecule has 1 rings (SSSR count). The van der Waals surface area contributed by atoms with E-state index in [1.807, 2.05) is 0 Å². The molecule has 0 unspecified atom stereocenters. The number of sulfonamides is 1. The lowest BCUT2D eigenvalue weighted by Crippen LogP contribution is -2.13. The van der Waals surface area contributed by atoms with E-state index < -0.39 is 21.9 Å². The molecule has 0 aliphatic heterocycles. The molecule has 1 aromatic rings. The Morgan fingerprint density at radius 2 is 1.85 bits per heavy atom. The van der Waals surface area contributed by atoms with E-state index in [2.05, 4.69) is 10.1 Å². The van der Waals surface area contributed by atoms with Crippen LogP contribution in [0.2, 0.25) is 0 Å². The maximum absolute atomic E-state index is 11.5. The number of hydrogen-bond donors (Lipinski definition) is 2. The predicted octanol–water partition coefficient (Wildman–Crippen LogP) is 0.392. The largest absolute Gasteiger partial charge is 0.463 e. The minimum absolute atomic E-state index is 0.0578. The van der Waals surface area contributed by atoms with Crippen LogP contribution in [0.1, 0.15) is 6.92 Å². The lowest BCUT2D eigenvalue weighted by Gasteiger charge is -2.03. The highest BCUT2D eigenvalue weighted by atomic mass is 32.2. The monoisotopic (exact) mass is 298 g/mol. The van der Waals surface area contributed by atoms with Crippen LogP contribution in [0.15, 0.2) is 41.3 Å². The number of esters is 1. The van der Waals surface area contributed by atoms with Crippen molar-refractivity contribution < 1.29 is 22.7 Å². The molecule has 3 N–H and O–H groups in total. The standard InChI is InChI=1S/C12H14N2O5S/c1-2-19-12(16)8-7-11(15)14-9-3-5-10(6-4-9)20(13,17)18/h3-8H,2H2,1H3,(H,14,15)(H2,13,17,18). The highest BCUT2D eigenvalue weighted by Crippen LogP contribution is 2.12. The third kappa shape index (κ3) is 5.21. The molecule has 0 aliphatic rings. The van der Waals surface area contributed by atoms with E-state index in [-0.39, 0.29) is 11.5 Å². The van der Waals surface area contributed by atoms with Crippen molar-refractivity contribution in [1.29, 1.82) is 0 Å². The SMILES string of the molecule is CCOC(=O)C=CC(=O)Nc1ccc(S(N)(=O)=O)cc1. The van der Waals surface area contributed by atoms with Crippen LogP contribution in [-0.4, -0.2) is 26.9 Å². The van der Waals surface area contributed by atoms with Gasteiger partial charge in [0.2, 0.25) is 15.9 Å². The molecule has 1 aromatic carbocycles. The summed E-state index contributed by atoms with van der Waals surface area (Å²) >= 11 is 0. The second-order valence-electron chi connectivity index (χ2n) is 3.64. The first-order chi connectivity index (χ1) is 9.32. The van der Waals surface area contributed by atoms with Crippen molar-refractivity contribution in [2.75, 3.05) is 11.9 Å². The number of anilines is 1. The van der Waals surface area contributed by atoms with Gasteiger partial charge in [-0.25, -0.2) is 18.4 Å². The van der Waals surface area contributed by atoms with Crippen LogP contribution in [0, 0.1) is 0 Å². The first-order valence-corrected chi connectivity index (χ1v) is 7.16. The van der Waals surface area contributed by atoms with Crippen LogP contribution in [0.3, 0.4) is 0 Å². The summed E-state index contributed by atoms with van der Waals surface area (Å²) in [7, 11) is -3.76. The zero-order chi connectivity index (χ0) is 15.2. The zero-order valence-corrected chi connectivity index (χ0v) is 11.5. The van der Waals surface area contributed by atoms with Crippen LogP contribution in [0.5, 0.6) is 0 Å². The Kier molecular flexibility index (Phi) is 5.42. The summed E-state index contributed by atoms with van der Waals surface area (Å²) in [5.74, 6) is -1.16. The molecule has 0 aliphatic carbocycles. The van der Waals surface area contributed by atoms with Gasteiger partial charge in [-0.05, 0) is 31.2 Å².